The molecular weight excluding hydrogens is 521 g/mol. The molecule has 2 amide bonds. The lowest BCUT2D eigenvalue weighted by molar-refractivity contribution is -0.136. The van der Waals surface area contributed by atoms with Crippen LogP contribution in [0.2, 0.25) is 10.0 Å². The van der Waals surface area contributed by atoms with Crippen LogP contribution in [0.1, 0.15) is 15.9 Å². The summed E-state index contributed by atoms with van der Waals surface area (Å²) >= 11 is 15.1. The Kier molecular flexibility index (Phi) is 7.99. The van der Waals surface area contributed by atoms with Gasteiger partial charge >= 0.3 is 17.8 Å². The number of halogens is 3. The Hall–Kier alpha value is -3.20. The van der Waals surface area contributed by atoms with Crippen molar-refractivity contribution < 1.29 is 19.1 Å². The van der Waals surface area contributed by atoms with Gasteiger partial charge in [-0.15, -0.1) is 0 Å². The first-order valence-corrected chi connectivity index (χ1v) is 10.5. The first-order chi connectivity index (χ1) is 15.3. The Bertz CT molecular complexity index is 1180. The van der Waals surface area contributed by atoms with Crippen molar-refractivity contribution in [1.29, 1.82) is 0 Å². The standard InChI is InChI=1S/C22H14BrCl2N3O4/c23-15-8-6-14(7-9-15)22(31)32-16-10-4-13(5-11-16)12-26-28-21(30)20(29)27-18-3-1-2-17(24)19(18)25/h1-12H,(H,27,29)(H,28,30)/b26-12+. The van der Waals surface area contributed by atoms with Crippen LogP contribution in [0.5, 0.6) is 5.75 Å². The van der Waals surface area contributed by atoms with Crippen LogP contribution < -0.4 is 15.5 Å². The Morgan fingerprint density at radius 3 is 2.28 bits per heavy atom. The van der Waals surface area contributed by atoms with Crippen molar-refractivity contribution in [3.05, 3.63) is 92.4 Å². The summed E-state index contributed by atoms with van der Waals surface area (Å²) in [6, 6.07) is 17.8. The van der Waals surface area contributed by atoms with Gasteiger partial charge in [0, 0.05) is 4.47 Å². The van der Waals surface area contributed by atoms with Crippen molar-refractivity contribution in [2.24, 2.45) is 5.10 Å². The van der Waals surface area contributed by atoms with Gasteiger partial charge in [0.1, 0.15) is 5.75 Å². The van der Waals surface area contributed by atoms with Crippen molar-refractivity contribution in [1.82, 2.24) is 5.43 Å². The fraction of sp³-hybridized carbons (Fsp3) is 0. The molecule has 0 fully saturated rings. The van der Waals surface area contributed by atoms with E-state index in [-0.39, 0.29) is 15.7 Å². The molecule has 0 aromatic heterocycles. The number of amides is 2. The second kappa shape index (κ2) is 10.9. The molecule has 3 rings (SSSR count). The maximum absolute atomic E-state index is 12.1. The average molecular weight is 535 g/mol. The number of hydrogen-bond donors (Lipinski definition) is 2. The van der Waals surface area contributed by atoms with Crippen molar-refractivity contribution >= 4 is 68.8 Å². The third-order valence-corrected chi connectivity index (χ3v) is 5.30. The van der Waals surface area contributed by atoms with Gasteiger partial charge in [-0.25, -0.2) is 10.2 Å². The Morgan fingerprint density at radius 2 is 1.59 bits per heavy atom. The number of anilines is 1. The largest absolute Gasteiger partial charge is 0.423 e. The highest BCUT2D eigenvalue weighted by Gasteiger charge is 2.15. The molecule has 2 N–H and O–H groups in total. The summed E-state index contributed by atoms with van der Waals surface area (Å²) in [6.45, 7) is 0. The summed E-state index contributed by atoms with van der Waals surface area (Å²) in [4.78, 5) is 36.0. The molecule has 0 saturated carbocycles. The Balaban J connectivity index is 1.52. The molecule has 3 aromatic carbocycles. The quantitative estimate of drug-likeness (QED) is 0.157. The number of rotatable bonds is 5. The minimum atomic E-state index is -0.989. The molecule has 0 unspecified atom stereocenters. The number of carbonyl (C=O) groups is 3. The SMILES string of the molecule is O=C(N/N=C/c1ccc(OC(=O)c2ccc(Br)cc2)cc1)C(=O)Nc1cccc(Cl)c1Cl. The lowest BCUT2D eigenvalue weighted by Gasteiger charge is -2.07. The van der Waals surface area contributed by atoms with Gasteiger partial charge in [0.25, 0.3) is 0 Å². The lowest BCUT2D eigenvalue weighted by Crippen LogP contribution is -2.32. The normalized spacial score (nSPS) is 10.6. The van der Waals surface area contributed by atoms with Gasteiger partial charge in [-0.05, 0) is 66.2 Å². The minimum absolute atomic E-state index is 0.125. The van der Waals surface area contributed by atoms with Gasteiger partial charge in [-0.3, -0.25) is 9.59 Å². The molecule has 3 aromatic rings. The van der Waals surface area contributed by atoms with E-state index in [2.05, 4.69) is 31.8 Å². The van der Waals surface area contributed by atoms with E-state index in [1.165, 1.54) is 12.3 Å². The third-order valence-electron chi connectivity index (χ3n) is 3.96. The molecule has 0 aliphatic carbocycles. The fourth-order valence-electron chi connectivity index (χ4n) is 2.37. The zero-order valence-electron chi connectivity index (χ0n) is 16.1. The number of hydrazone groups is 1. The van der Waals surface area contributed by atoms with Crippen LogP contribution in [0.15, 0.2) is 76.3 Å². The molecule has 0 aliphatic heterocycles. The van der Waals surface area contributed by atoms with Crippen molar-refractivity contribution in [3.8, 4) is 5.75 Å². The van der Waals surface area contributed by atoms with Crippen LogP contribution in [-0.4, -0.2) is 24.0 Å². The highest BCUT2D eigenvalue weighted by Crippen LogP contribution is 2.29. The highest BCUT2D eigenvalue weighted by molar-refractivity contribution is 9.10. The second-order valence-corrected chi connectivity index (χ2v) is 7.92. The van der Waals surface area contributed by atoms with Gasteiger partial charge in [0.05, 0.1) is 27.5 Å². The number of hydrogen-bond acceptors (Lipinski definition) is 5. The maximum atomic E-state index is 12.1. The Morgan fingerprint density at radius 1 is 0.906 bits per heavy atom. The monoisotopic (exact) mass is 533 g/mol. The van der Waals surface area contributed by atoms with Crippen LogP contribution in [0, 0.1) is 0 Å². The van der Waals surface area contributed by atoms with E-state index >= 15 is 0 Å². The fourth-order valence-corrected chi connectivity index (χ4v) is 2.98. The van der Waals surface area contributed by atoms with E-state index in [1.54, 1.807) is 60.7 Å². The van der Waals surface area contributed by atoms with Crippen molar-refractivity contribution in [2.75, 3.05) is 5.32 Å². The summed E-state index contributed by atoms with van der Waals surface area (Å²) in [5, 5.41) is 6.45. The summed E-state index contributed by atoms with van der Waals surface area (Å²) in [6.07, 6.45) is 1.33. The molecule has 32 heavy (non-hydrogen) atoms. The zero-order valence-corrected chi connectivity index (χ0v) is 19.2. The predicted molar refractivity (Wildman–Crippen MR) is 126 cm³/mol. The van der Waals surface area contributed by atoms with Crippen molar-refractivity contribution in [2.45, 2.75) is 0 Å². The first kappa shape index (κ1) is 23.5. The van der Waals surface area contributed by atoms with E-state index < -0.39 is 17.8 Å². The van der Waals surface area contributed by atoms with Gasteiger partial charge in [0.2, 0.25) is 0 Å². The molecule has 0 saturated heterocycles. The summed E-state index contributed by atoms with van der Waals surface area (Å²) < 4.78 is 6.16. The molecular formula is C22H14BrCl2N3O4. The van der Waals surface area contributed by atoms with Crippen LogP contribution in [0.4, 0.5) is 5.69 Å². The van der Waals surface area contributed by atoms with Gasteiger partial charge in [0.15, 0.2) is 0 Å². The molecule has 0 aliphatic rings. The van der Waals surface area contributed by atoms with E-state index in [1.807, 2.05) is 0 Å². The van der Waals surface area contributed by atoms with Gasteiger partial charge in [-0.1, -0.05) is 45.2 Å². The molecule has 0 bridgehead atoms. The number of ether oxygens (including phenoxy) is 1. The Labute approximate surface area is 201 Å². The number of esters is 1. The lowest BCUT2D eigenvalue weighted by atomic mass is 10.2. The zero-order chi connectivity index (χ0) is 23.1. The number of nitrogens with zero attached hydrogens (tertiary/aromatic N) is 1. The van der Waals surface area contributed by atoms with Crippen LogP contribution in [-0.2, 0) is 9.59 Å². The van der Waals surface area contributed by atoms with Crippen molar-refractivity contribution in [3.63, 3.8) is 0 Å². The van der Waals surface area contributed by atoms with E-state index in [4.69, 9.17) is 27.9 Å². The molecule has 162 valence electrons. The number of carbonyl (C=O) groups excluding carboxylic acids is 3. The van der Waals surface area contributed by atoms with Crippen LogP contribution in [0.25, 0.3) is 0 Å². The van der Waals surface area contributed by atoms with Crippen LogP contribution >= 0.6 is 39.1 Å². The van der Waals surface area contributed by atoms with Gasteiger partial charge < -0.3 is 10.1 Å². The molecule has 0 heterocycles. The van der Waals surface area contributed by atoms with Gasteiger partial charge in [-0.2, -0.15) is 5.10 Å². The third kappa shape index (κ3) is 6.40. The van der Waals surface area contributed by atoms with E-state index in [0.29, 0.717) is 16.9 Å². The maximum Gasteiger partial charge on any atom is 0.343 e. The molecule has 0 atom stereocenters. The minimum Gasteiger partial charge on any atom is -0.423 e. The number of benzene rings is 3. The topological polar surface area (TPSA) is 96.9 Å². The first-order valence-electron chi connectivity index (χ1n) is 8.99. The molecule has 0 spiro atoms. The second-order valence-electron chi connectivity index (χ2n) is 6.22. The van der Waals surface area contributed by atoms with Crippen LogP contribution in [0.3, 0.4) is 0 Å². The average Bonchev–Trinajstić information content (AvgIpc) is 2.78. The number of nitrogens with one attached hydrogen (secondary N) is 2. The summed E-state index contributed by atoms with van der Waals surface area (Å²) in [7, 11) is 0. The smallest absolute Gasteiger partial charge is 0.343 e. The summed E-state index contributed by atoms with van der Waals surface area (Å²) in [5.41, 5.74) is 3.34. The molecule has 0 radical (unpaired) electrons. The predicted octanol–water partition coefficient (Wildman–Crippen LogP) is 5.06. The highest BCUT2D eigenvalue weighted by atomic mass is 79.9. The summed E-state index contributed by atoms with van der Waals surface area (Å²) in [5.74, 6) is -2.09. The molecule has 10 heteroatoms. The van der Waals surface area contributed by atoms with E-state index in [9.17, 15) is 14.4 Å². The van der Waals surface area contributed by atoms with E-state index in [0.717, 1.165) is 4.47 Å². The molecule has 7 nitrogen and oxygen atoms in total.